The SMILES string of the molecule is CCc1c(-c2ccccc2)n([SeH])c(=O)[nH]c1=O. The Bertz CT molecular complexity index is 644. The van der Waals surface area contributed by atoms with Crippen LogP contribution in [0.2, 0.25) is 0 Å². The van der Waals surface area contributed by atoms with Gasteiger partial charge >= 0.3 is 106 Å². The van der Waals surface area contributed by atoms with Gasteiger partial charge in [0.1, 0.15) is 0 Å². The van der Waals surface area contributed by atoms with Crippen molar-refractivity contribution in [2.24, 2.45) is 0 Å². The van der Waals surface area contributed by atoms with Crippen molar-refractivity contribution in [3.63, 3.8) is 0 Å². The fourth-order valence-corrected chi connectivity index (χ4v) is 2.38. The van der Waals surface area contributed by atoms with Crippen LogP contribution in [0.1, 0.15) is 12.5 Å². The van der Waals surface area contributed by atoms with Crippen LogP contribution in [-0.4, -0.2) is 24.8 Å². The van der Waals surface area contributed by atoms with Crippen molar-refractivity contribution in [2.45, 2.75) is 13.3 Å². The van der Waals surface area contributed by atoms with Crippen LogP contribution >= 0.6 is 0 Å². The van der Waals surface area contributed by atoms with Crippen molar-refractivity contribution in [1.29, 1.82) is 0 Å². The molecule has 0 aliphatic heterocycles. The van der Waals surface area contributed by atoms with Gasteiger partial charge in [-0.05, 0) is 0 Å². The molecule has 0 atom stereocenters. The molecule has 4 nitrogen and oxygen atoms in total. The van der Waals surface area contributed by atoms with Crippen molar-refractivity contribution < 1.29 is 0 Å². The molecule has 1 heterocycles. The molecule has 0 saturated carbocycles. The summed E-state index contributed by atoms with van der Waals surface area (Å²) >= 11 is 2.17. The van der Waals surface area contributed by atoms with E-state index in [4.69, 9.17) is 0 Å². The Hall–Kier alpha value is -1.58. The second-order valence-corrected chi connectivity index (χ2v) is 4.46. The second-order valence-electron chi connectivity index (χ2n) is 3.62. The summed E-state index contributed by atoms with van der Waals surface area (Å²) < 4.78 is 1.42. The molecule has 17 heavy (non-hydrogen) atoms. The molecule has 2 aromatic rings. The topological polar surface area (TPSA) is 54.9 Å². The molecule has 0 aliphatic carbocycles. The van der Waals surface area contributed by atoms with Crippen LogP contribution in [0.15, 0.2) is 39.9 Å². The average Bonchev–Trinajstić information content (AvgIpc) is 2.34. The van der Waals surface area contributed by atoms with Gasteiger partial charge in [-0.3, -0.25) is 0 Å². The van der Waals surface area contributed by atoms with Crippen molar-refractivity contribution in [3.8, 4) is 11.3 Å². The summed E-state index contributed by atoms with van der Waals surface area (Å²) in [5.74, 6) is 0. The van der Waals surface area contributed by atoms with Crippen LogP contribution in [0.5, 0.6) is 0 Å². The van der Waals surface area contributed by atoms with E-state index in [9.17, 15) is 9.59 Å². The molecule has 2 rings (SSSR count). The Morgan fingerprint density at radius 3 is 2.47 bits per heavy atom. The van der Waals surface area contributed by atoms with E-state index in [1.807, 2.05) is 37.3 Å². The van der Waals surface area contributed by atoms with Crippen molar-refractivity contribution in [3.05, 3.63) is 56.7 Å². The molecule has 0 bridgehead atoms. The van der Waals surface area contributed by atoms with Crippen molar-refractivity contribution >= 4 is 16.2 Å². The van der Waals surface area contributed by atoms with E-state index in [1.165, 1.54) is 3.58 Å². The van der Waals surface area contributed by atoms with Gasteiger partial charge in [0.2, 0.25) is 0 Å². The van der Waals surface area contributed by atoms with E-state index >= 15 is 0 Å². The third kappa shape index (κ3) is 2.12. The molecule has 1 N–H and O–H groups in total. The van der Waals surface area contributed by atoms with E-state index in [0.29, 0.717) is 17.7 Å². The van der Waals surface area contributed by atoms with Crippen molar-refractivity contribution in [1.82, 2.24) is 8.57 Å². The average molecular weight is 295 g/mol. The first-order valence-corrected chi connectivity index (χ1v) is 6.12. The van der Waals surface area contributed by atoms with E-state index < -0.39 is 5.69 Å². The Morgan fingerprint density at radius 2 is 1.88 bits per heavy atom. The van der Waals surface area contributed by atoms with Gasteiger partial charge in [0.05, 0.1) is 0 Å². The fraction of sp³-hybridized carbons (Fsp3) is 0.167. The number of hydrogen-bond donors (Lipinski definition) is 1. The first kappa shape index (κ1) is 11.9. The number of benzene rings is 1. The fourth-order valence-electron chi connectivity index (χ4n) is 1.78. The van der Waals surface area contributed by atoms with Crippen LogP contribution in [0.25, 0.3) is 11.3 Å². The molecule has 0 saturated heterocycles. The van der Waals surface area contributed by atoms with Crippen LogP contribution in [0.3, 0.4) is 0 Å². The molecule has 0 unspecified atom stereocenters. The molecule has 5 heteroatoms. The number of H-pyrrole nitrogens is 1. The minimum absolute atomic E-state index is 0.307. The normalized spacial score (nSPS) is 10.5. The standard InChI is InChI=1S/C12H12N2O2Se/c1-2-9-10(8-6-4-3-5-7-8)14(17)12(16)13-11(9)15/h3-7,17H,2H2,1H3,(H,13,15,16). The first-order valence-electron chi connectivity index (χ1n) is 5.28. The van der Waals surface area contributed by atoms with Gasteiger partial charge in [0.15, 0.2) is 0 Å². The van der Waals surface area contributed by atoms with E-state index in [1.54, 1.807) is 0 Å². The number of aromatic nitrogens is 2. The number of hydrogen-bond acceptors (Lipinski definition) is 2. The van der Waals surface area contributed by atoms with Crippen molar-refractivity contribution in [2.75, 3.05) is 0 Å². The minimum atomic E-state index is -0.411. The van der Waals surface area contributed by atoms with Crippen LogP contribution in [0, 0.1) is 0 Å². The summed E-state index contributed by atoms with van der Waals surface area (Å²) in [6, 6.07) is 9.44. The molecule has 0 fully saturated rings. The number of nitrogens with one attached hydrogen (secondary N) is 1. The molecule has 88 valence electrons. The van der Waals surface area contributed by atoms with Gasteiger partial charge in [0.25, 0.3) is 0 Å². The summed E-state index contributed by atoms with van der Waals surface area (Å²) in [5, 5.41) is 0. The number of nitrogens with zero attached hydrogens (tertiary/aromatic N) is 1. The van der Waals surface area contributed by atoms with Crippen LogP contribution < -0.4 is 11.2 Å². The van der Waals surface area contributed by atoms with Crippen LogP contribution in [-0.2, 0) is 6.42 Å². The maximum atomic E-state index is 11.7. The Labute approximate surface area is 106 Å². The predicted octanol–water partition coefficient (Wildman–Crippen LogP) is 0.430. The third-order valence-electron chi connectivity index (χ3n) is 2.59. The molecular weight excluding hydrogens is 283 g/mol. The van der Waals surface area contributed by atoms with Gasteiger partial charge in [-0.25, -0.2) is 0 Å². The molecule has 0 amide bonds. The van der Waals surface area contributed by atoms with E-state index in [0.717, 1.165) is 5.56 Å². The molecule has 0 radical (unpaired) electrons. The monoisotopic (exact) mass is 296 g/mol. The zero-order valence-corrected chi connectivity index (χ0v) is 11.2. The summed E-state index contributed by atoms with van der Waals surface area (Å²) in [6.07, 6.45) is 0.581. The van der Waals surface area contributed by atoms with Gasteiger partial charge in [0, 0.05) is 0 Å². The predicted molar refractivity (Wildman–Crippen MR) is 68.7 cm³/mol. The Kier molecular flexibility index (Phi) is 3.31. The summed E-state index contributed by atoms with van der Waals surface area (Å²) in [4.78, 5) is 25.6. The molecule has 1 aromatic carbocycles. The quantitative estimate of drug-likeness (QED) is 0.817. The van der Waals surface area contributed by atoms with E-state index in [-0.39, 0.29) is 5.56 Å². The van der Waals surface area contributed by atoms with Gasteiger partial charge in [-0.2, -0.15) is 0 Å². The maximum absolute atomic E-state index is 11.7. The first-order chi connectivity index (χ1) is 8.15. The third-order valence-corrected chi connectivity index (χ3v) is 3.39. The Balaban J connectivity index is 2.85. The molecule has 0 aliphatic rings. The van der Waals surface area contributed by atoms with Gasteiger partial charge in [-0.15, -0.1) is 0 Å². The summed E-state index contributed by atoms with van der Waals surface area (Å²) in [5.41, 5.74) is 1.44. The summed E-state index contributed by atoms with van der Waals surface area (Å²) in [7, 11) is 0. The molecule has 0 spiro atoms. The molecular formula is C12H12N2O2Se. The summed E-state index contributed by atoms with van der Waals surface area (Å²) in [6.45, 7) is 1.90. The zero-order valence-electron chi connectivity index (χ0n) is 9.30. The van der Waals surface area contributed by atoms with Crippen LogP contribution in [0.4, 0.5) is 0 Å². The Morgan fingerprint density at radius 1 is 1.24 bits per heavy atom. The van der Waals surface area contributed by atoms with Gasteiger partial charge < -0.3 is 0 Å². The molecule has 1 aromatic heterocycles. The second kappa shape index (κ2) is 4.73. The van der Waals surface area contributed by atoms with E-state index in [2.05, 4.69) is 21.2 Å². The number of rotatable bonds is 2. The number of aromatic amines is 1. The van der Waals surface area contributed by atoms with Gasteiger partial charge in [-0.1, -0.05) is 0 Å². The zero-order chi connectivity index (χ0) is 12.4.